The molecule has 0 bridgehead atoms. The Labute approximate surface area is 102 Å². The quantitative estimate of drug-likeness (QED) is 0.671. The molecule has 0 saturated carbocycles. The van der Waals surface area contributed by atoms with Crippen LogP contribution in [0.5, 0.6) is 0 Å². The van der Waals surface area contributed by atoms with Crippen LogP contribution in [0.1, 0.15) is 10.4 Å². The average molecular weight is 262 g/mol. The number of amides is 1. The van der Waals surface area contributed by atoms with Crippen molar-refractivity contribution in [2.75, 3.05) is 12.4 Å². The Morgan fingerprint density at radius 2 is 1.94 bits per heavy atom. The molecule has 1 aromatic carbocycles. The van der Waals surface area contributed by atoms with Crippen molar-refractivity contribution in [3.63, 3.8) is 0 Å². The van der Waals surface area contributed by atoms with Gasteiger partial charge in [-0.15, -0.1) is 0 Å². The summed E-state index contributed by atoms with van der Waals surface area (Å²) in [6.07, 6.45) is 0. The molecule has 0 heterocycles. The van der Waals surface area contributed by atoms with E-state index in [1.165, 1.54) is 13.2 Å². The highest BCUT2D eigenvalue weighted by Crippen LogP contribution is 2.17. The zero-order chi connectivity index (χ0) is 12.1. The number of halogens is 2. The highest BCUT2D eigenvalue weighted by molar-refractivity contribution is 6.54. The van der Waals surface area contributed by atoms with Gasteiger partial charge in [-0.2, -0.15) is 0 Å². The average Bonchev–Trinajstić information content (AvgIpc) is 2.28. The number of carbonyl (C=O) groups excluding carboxylic acids is 2. The summed E-state index contributed by atoms with van der Waals surface area (Å²) in [5.74, 6) is -1.14. The van der Waals surface area contributed by atoms with Crippen LogP contribution in [0.15, 0.2) is 24.3 Å². The monoisotopic (exact) mass is 261 g/mol. The first-order valence-corrected chi connectivity index (χ1v) is 5.20. The van der Waals surface area contributed by atoms with E-state index in [4.69, 9.17) is 23.2 Å². The molecule has 0 aromatic heterocycles. The van der Waals surface area contributed by atoms with E-state index in [0.29, 0.717) is 5.69 Å². The highest BCUT2D eigenvalue weighted by Gasteiger charge is 2.16. The molecule has 16 heavy (non-hydrogen) atoms. The van der Waals surface area contributed by atoms with Crippen molar-refractivity contribution in [1.29, 1.82) is 0 Å². The molecule has 0 atom stereocenters. The van der Waals surface area contributed by atoms with Crippen LogP contribution in [0.3, 0.4) is 0 Å². The minimum atomic E-state index is -1.19. The lowest BCUT2D eigenvalue weighted by molar-refractivity contribution is -0.114. The predicted molar refractivity (Wildman–Crippen MR) is 61.9 cm³/mol. The molecule has 0 saturated heterocycles. The maximum atomic E-state index is 11.3. The topological polar surface area (TPSA) is 55.4 Å². The fraction of sp³-hybridized carbons (Fsp3) is 0.200. The van der Waals surface area contributed by atoms with Crippen molar-refractivity contribution in [3.8, 4) is 0 Å². The lowest BCUT2D eigenvalue weighted by Crippen LogP contribution is -2.20. The van der Waals surface area contributed by atoms with Gasteiger partial charge in [-0.25, -0.2) is 4.79 Å². The van der Waals surface area contributed by atoms with E-state index in [1.807, 2.05) is 0 Å². The van der Waals surface area contributed by atoms with Crippen LogP contribution in [0.2, 0.25) is 0 Å². The van der Waals surface area contributed by atoms with Gasteiger partial charge in [0.15, 0.2) is 4.84 Å². The number of methoxy groups -OCH3 is 1. The van der Waals surface area contributed by atoms with Gasteiger partial charge >= 0.3 is 5.97 Å². The molecule has 4 nitrogen and oxygen atoms in total. The second-order valence-electron chi connectivity index (χ2n) is 2.83. The minimum Gasteiger partial charge on any atom is -0.465 e. The summed E-state index contributed by atoms with van der Waals surface area (Å²) in [5, 5.41) is 2.42. The largest absolute Gasteiger partial charge is 0.465 e. The maximum Gasteiger partial charge on any atom is 0.339 e. The number of ether oxygens (including phenoxy) is 1. The number of anilines is 1. The summed E-state index contributed by atoms with van der Waals surface area (Å²) in [7, 11) is 1.26. The first-order chi connectivity index (χ1) is 7.56. The van der Waals surface area contributed by atoms with Crippen LogP contribution >= 0.6 is 23.2 Å². The molecule has 0 radical (unpaired) electrons. The molecule has 0 aliphatic carbocycles. The van der Waals surface area contributed by atoms with Crippen molar-refractivity contribution in [2.45, 2.75) is 4.84 Å². The van der Waals surface area contributed by atoms with E-state index in [0.717, 1.165) is 0 Å². The summed E-state index contributed by atoms with van der Waals surface area (Å²) in [4.78, 5) is 21.4. The maximum absolute atomic E-state index is 11.3. The molecule has 1 aromatic rings. The summed E-state index contributed by atoms with van der Waals surface area (Å²) < 4.78 is 4.56. The van der Waals surface area contributed by atoms with Crippen LogP contribution < -0.4 is 5.32 Å². The van der Waals surface area contributed by atoms with E-state index in [-0.39, 0.29) is 5.56 Å². The summed E-state index contributed by atoms with van der Waals surface area (Å²) in [5.41, 5.74) is 0.554. The van der Waals surface area contributed by atoms with E-state index < -0.39 is 16.7 Å². The van der Waals surface area contributed by atoms with Gasteiger partial charge in [-0.3, -0.25) is 4.79 Å². The van der Waals surface area contributed by atoms with Crippen molar-refractivity contribution in [1.82, 2.24) is 0 Å². The van der Waals surface area contributed by atoms with E-state index in [1.54, 1.807) is 18.2 Å². The summed E-state index contributed by atoms with van der Waals surface area (Å²) in [6.45, 7) is 0. The van der Waals surface area contributed by atoms with Crippen LogP contribution in [-0.2, 0) is 9.53 Å². The number of alkyl halides is 2. The molecule has 6 heteroatoms. The Bertz CT molecular complexity index is 407. The van der Waals surface area contributed by atoms with Gasteiger partial charge in [0.05, 0.1) is 18.4 Å². The molecular weight excluding hydrogens is 253 g/mol. The van der Waals surface area contributed by atoms with Gasteiger partial charge in [-0.05, 0) is 12.1 Å². The number of benzene rings is 1. The fourth-order valence-corrected chi connectivity index (χ4v) is 1.18. The van der Waals surface area contributed by atoms with Gasteiger partial charge in [0.25, 0.3) is 5.91 Å². The lowest BCUT2D eigenvalue weighted by atomic mass is 10.2. The van der Waals surface area contributed by atoms with Gasteiger partial charge in [0.1, 0.15) is 0 Å². The first-order valence-electron chi connectivity index (χ1n) is 4.32. The Morgan fingerprint density at radius 1 is 1.31 bits per heavy atom. The fourth-order valence-electron chi connectivity index (χ4n) is 1.07. The van der Waals surface area contributed by atoms with Gasteiger partial charge < -0.3 is 10.1 Å². The van der Waals surface area contributed by atoms with Gasteiger partial charge in [-0.1, -0.05) is 35.3 Å². The smallest absolute Gasteiger partial charge is 0.339 e. The van der Waals surface area contributed by atoms with Gasteiger partial charge in [0, 0.05) is 0 Å². The number of para-hydroxylation sites is 1. The third-order valence-corrected chi connectivity index (χ3v) is 2.18. The molecule has 1 N–H and O–H groups in total. The normalized spacial score (nSPS) is 10.0. The lowest BCUT2D eigenvalue weighted by Gasteiger charge is -2.09. The molecule has 0 spiro atoms. The Hall–Kier alpha value is -1.26. The Balaban J connectivity index is 2.95. The van der Waals surface area contributed by atoms with Crippen molar-refractivity contribution in [3.05, 3.63) is 29.8 Å². The minimum absolute atomic E-state index is 0.243. The number of carbonyl (C=O) groups is 2. The standard InChI is InChI=1S/C10H9Cl2NO3/c1-16-10(15)6-4-2-3-5-7(6)13-9(14)8(11)12/h2-5,8H,1H3,(H,13,14). The van der Waals surface area contributed by atoms with Crippen molar-refractivity contribution in [2.24, 2.45) is 0 Å². The molecule has 1 rings (SSSR count). The van der Waals surface area contributed by atoms with Crippen LogP contribution in [-0.4, -0.2) is 23.8 Å². The van der Waals surface area contributed by atoms with E-state index >= 15 is 0 Å². The third kappa shape index (κ3) is 3.12. The second kappa shape index (κ2) is 5.72. The Morgan fingerprint density at radius 3 is 2.50 bits per heavy atom. The number of hydrogen-bond donors (Lipinski definition) is 1. The molecule has 1 amide bonds. The zero-order valence-electron chi connectivity index (χ0n) is 8.37. The van der Waals surface area contributed by atoms with Crippen LogP contribution in [0.25, 0.3) is 0 Å². The first kappa shape index (κ1) is 12.8. The SMILES string of the molecule is COC(=O)c1ccccc1NC(=O)C(Cl)Cl. The number of esters is 1. The summed E-state index contributed by atoms with van der Waals surface area (Å²) >= 11 is 10.8. The van der Waals surface area contributed by atoms with Crippen molar-refractivity contribution < 1.29 is 14.3 Å². The molecule has 86 valence electrons. The zero-order valence-corrected chi connectivity index (χ0v) is 9.88. The van der Waals surface area contributed by atoms with Crippen molar-refractivity contribution >= 4 is 40.8 Å². The third-order valence-electron chi connectivity index (χ3n) is 1.79. The molecule has 0 unspecified atom stereocenters. The molecule has 0 aliphatic rings. The summed E-state index contributed by atoms with van der Waals surface area (Å²) in [6, 6.07) is 6.40. The number of rotatable bonds is 3. The van der Waals surface area contributed by atoms with E-state index in [2.05, 4.69) is 10.1 Å². The van der Waals surface area contributed by atoms with Crippen LogP contribution in [0.4, 0.5) is 5.69 Å². The second-order valence-corrected chi connectivity index (χ2v) is 3.92. The van der Waals surface area contributed by atoms with Gasteiger partial charge in [0.2, 0.25) is 0 Å². The molecule has 0 aliphatic heterocycles. The Kier molecular flexibility index (Phi) is 4.58. The predicted octanol–water partition coefficient (Wildman–Crippen LogP) is 2.22. The van der Waals surface area contributed by atoms with E-state index in [9.17, 15) is 9.59 Å². The molecular formula is C10H9Cl2NO3. The number of hydrogen-bond acceptors (Lipinski definition) is 3. The number of nitrogens with one attached hydrogen (secondary N) is 1. The van der Waals surface area contributed by atoms with Crippen LogP contribution in [0, 0.1) is 0 Å². The highest BCUT2D eigenvalue weighted by atomic mass is 35.5. The molecule has 0 fully saturated rings.